The zero-order chi connectivity index (χ0) is 22.2. The van der Waals surface area contributed by atoms with Crippen molar-refractivity contribution in [1.82, 2.24) is 30.0 Å². The Hall–Kier alpha value is -3.64. The topological polar surface area (TPSA) is 94.2 Å². The molecule has 3 atom stereocenters. The number of carbonyl (C=O) groups excluding carboxylic acids is 1. The molecular formula is C19H19F3N8O2. The maximum absolute atomic E-state index is 14.9. The van der Waals surface area contributed by atoms with Crippen molar-refractivity contribution in [3.8, 4) is 0 Å². The van der Waals surface area contributed by atoms with Crippen LogP contribution in [0.5, 0.6) is 0 Å². The van der Waals surface area contributed by atoms with Gasteiger partial charge in [-0.15, -0.1) is 10.2 Å². The van der Waals surface area contributed by atoms with Crippen LogP contribution < -0.4 is 9.80 Å². The van der Waals surface area contributed by atoms with Gasteiger partial charge in [0.1, 0.15) is 18.0 Å². The van der Waals surface area contributed by atoms with Crippen LogP contribution in [0.25, 0.3) is 0 Å². The van der Waals surface area contributed by atoms with E-state index in [9.17, 15) is 18.0 Å². The maximum atomic E-state index is 14.9. The zero-order valence-corrected chi connectivity index (χ0v) is 16.8. The van der Waals surface area contributed by atoms with Gasteiger partial charge in [-0.25, -0.2) is 27.3 Å². The molecule has 5 rings (SSSR count). The lowest BCUT2D eigenvalue weighted by Crippen LogP contribution is -2.43. The standard InChI is InChI=1S/C19H19F3N8O2/c20-14-7-12(29-10-13(32-19(29)31)9-28-5-2-23-25-28)8-15(21)18(14)27-4-1-17(16(22)11-27)30-6-3-24-26-30/h2-3,5-8,13,16-17H,1,4,9-11H2/t13?,16-,17?/m1/s1. The molecular weight excluding hydrogens is 429 g/mol. The Balaban J connectivity index is 1.31. The summed E-state index contributed by atoms with van der Waals surface area (Å²) in [5, 5.41) is 15.0. The number of piperidine rings is 1. The van der Waals surface area contributed by atoms with Crippen LogP contribution in [0.4, 0.5) is 29.3 Å². The first-order valence-corrected chi connectivity index (χ1v) is 10.1. The number of amides is 1. The van der Waals surface area contributed by atoms with E-state index in [1.807, 2.05) is 0 Å². The van der Waals surface area contributed by atoms with Crippen molar-refractivity contribution in [2.24, 2.45) is 0 Å². The van der Waals surface area contributed by atoms with E-state index in [1.54, 1.807) is 12.4 Å². The number of nitrogens with zero attached hydrogens (tertiary/aromatic N) is 8. The minimum Gasteiger partial charge on any atom is -0.442 e. The van der Waals surface area contributed by atoms with E-state index in [2.05, 4.69) is 20.6 Å². The fourth-order valence-electron chi connectivity index (χ4n) is 4.16. The average Bonchev–Trinajstić information content (AvgIpc) is 3.51. The summed E-state index contributed by atoms with van der Waals surface area (Å²) in [4.78, 5) is 14.7. The van der Waals surface area contributed by atoms with Gasteiger partial charge in [-0.1, -0.05) is 10.4 Å². The van der Waals surface area contributed by atoms with Gasteiger partial charge in [-0.05, 0) is 6.42 Å². The summed E-state index contributed by atoms with van der Waals surface area (Å²) in [6, 6.07) is 1.59. The minimum absolute atomic E-state index is 0.0316. The van der Waals surface area contributed by atoms with Crippen LogP contribution in [-0.2, 0) is 11.3 Å². The van der Waals surface area contributed by atoms with E-state index in [1.165, 1.54) is 26.7 Å². The van der Waals surface area contributed by atoms with Gasteiger partial charge in [0.15, 0.2) is 11.6 Å². The molecule has 2 aliphatic rings. The Morgan fingerprint density at radius 2 is 1.81 bits per heavy atom. The van der Waals surface area contributed by atoms with Gasteiger partial charge in [-0.3, -0.25) is 4.90 Å². The van der Waals surface area contributed by atoms with Crippen molar-refractivity contribution in [1.29, 1.82) is 0 Å². The monoisotopic (exact) mass is 448 g/mol. The first-order chi connectivity index (χ1) is 15.5. The maximum Gasteiger partial charge on any atom is 0.414 e. The van der Waals surface area contributed by atoms with E-state index in [0.29, 0.717) is 6.42 Å². The summed E-state index contributed by atoms with van der Waals surface area (Å²) in [5.41, 5.74) is -0.288. The lowest BCUT2D eigenvalue weighted by atomic mass is 10.0. The molecule has 168 valence electrons. The molecule has 0 aliphatic carbocycles. The molecule has 13 heteroatoms. The van der Waals surface area contributed by atoms with Gasteiger partial charge < -0.3 is 9.64 Å². The Morgan fingerprint density at radius 3 is 2.47 bits per heavy atom. The molecule has 0 radical (unpaired) electrons. The second-order valence-corrected chi connectivity index (χ2v) is 7.70. The molecule has 0 saturated carbocycles. The first kappa shape index (κ1) is 20.3. The van der Waals surface area contributed by atoms with Crippen LogP contribution >= 0.6 is 0 Å². The number of ether oxygens (including phenoxy) is 1. The van der Waals surface area contributed by atoms with Crippen molar-refractivity contribution < 1.29 is 22.7 Å². The highest BCUT2D eigenvalue weighted by Crippen LogP contribution is 2.34. The predicted octanol–water partition coefficient (Wildman–Crippen LogP) is 1.96. The van der Waals surface area contributed by atoms with Gasteiger partial charge in [0.05, 0.1) is 43.8 Å². The first-order valence-electron chi connectivity index (χ1n) is 10.1. The van der Waals surface area contributed by atoms with E-state index >= 15 is 0 Å². The Labute approximate surface area is 180 Å². The number of aromatic nitrogens is 6. The Morgan fingerprint density at radius 1 is 1.06 bits per heavy atom. The summed E-state index contributed by atoms with van der Waals surface area (Å²) in [6.07, 6.45) is 3.81. The SMILES string of the molecule is O=C1OC(Cn2ccnn2)CN1c1cc(F)c(N2CCC(n3ccnn3)[C@H](F)C2)c(F)c1. The van der Waals surface area contributed by atoms with Crippen LogP contribution in [0.2, 0.25) is 0 Å². The molecule has 2 aromatic heterocycles. The summed E-state index contributed by atoms with van der Waals surface area (Å²) in [6.45, 7) is 0.421. The fourth-order valence-corrected chi connectivity index (χ4v) is 4.16. The largest absolute Gasteiger partial charge is 0.442 e. The number of carbonyl (C=O) groups is 1. The molecule has 2 fully saturated rings. The number of hydrogen-bond acceptors (Lipinski definition) is 7. The molecule has 10 nitrogen and oxygen atoms in total. The third kappa shape index (κ3) is 3.74. The highest BCUT2D eigenvalue weighted by Gasteiger charge is 2.36. The highest BCUT2D eigenvalue weighted by atomic mass is 19.1. The Bertz CT molecular complexity index is 1070. The summed E-state index contributed by atoms with van der Waals surface area (Å²) in [7, 11) is 0. The summed E-state index contributed by atoms with van der Waals surface area (Å²) >= 11 is 0. The summed E-state index contributed by atoms with van der Waals surface area (Å²) in [5.74, 6) is -1.75. The zero-order valence-electron chi connectivity index (χ0n) is 16.8. The minimum atomic E-state index is -1.38. The number of cyclic esters (lactones) is 1. The molecule has 1 aromatic carbocycles. The normalized spacial score (nSPS) is 23.6. The molecule has 0 N–H and O–H groups in total. The van der Waals surface area contributed by atoms with E-state index in [0.717, 1.165) is 17.0 Å². The molecule has 1 amide bonds. The van der Waals surface area contributed by atoms with Crippen molar-refractivity contribution in [2.45, 2.75) is 31.3 Å². The predicted molar refractivity (Wildman–Crippen MR) is 105 cm³/mol. The van der Waals surface area contributed by atoms with Crippen LogP contribution in [0.15, 0.2) is 36.9 Å². The lowest BCUT2D eigenvalue weighted by Gasteiger charge is -2.36. The molecule has 2 aliphatic heterocycles. The highest BCUT2D eigenvalue weighted by molar-refractivity contribution is 5.90. The molecule has 0 bridgehead atoms. The number of halogens is 3. The molecule has 4 heterocycles. The summed E-state index contributed by atoms with van der Waals surface area (Å²) < 4.78 is 52.8. The number of hydrogen-bond donors (Lipinski definition) is 0. The van der Waals surface area contributed by atoms with Crippen LogP contribution in [0.3, 0.4) is 0 Å². The fraction of sp³-hybridized carbons (Fsp3) is 0.421. The van der Waals surface area contributed by atoms with Crippen molar-refractivity contribution in [2.75, 3.05) is 29.4 Å². The lowest BCUT2D eigenvalue weighted by molar-refractivity contribution is 0.129. The van der Waals surface area contributed by atoms with Gasteiger partial charge >= 0.3 is 6.09 Å². The van der Waals surface area contributed by atoms with Crippen LogP contribution in [0, 0.1) is 11.6 Å². The molecule has 3 aromatic rings. The van der Waals surface area contributed by atoms with Crippen LogP contribution in [0.1, 0.15) is 12.5 Å². The molecule has 32 heavy (non-hydrogen) atoms. The van der Waals surface area contributed by atoms with Crippen LogP contribution in [-0.4, -0.2) is 68.0 Å². The van der Waals surface area contributed by atoms with Gasteiger partial charge in [0.2, 0.25) is 0 Å². The van der Waals surface area contributed by atoms with E-state index < -0.39 is 36.0 Å². The second-order valence-electron chi connectivity index (χ2n) is 7.70. The van der Waals surface area contributed by atoms with Gasteiger partial charge in [0.25, 0.3) is 0 Å². The third-order valence-electron chi connectivity index (χ3n) is 5.65. The Kier molecular flexibility index (Phi) is 5.15. The average molecular weight is 448 g/mol. The van der Waals surface area contributed by atoms with Crippen molar-refractivity contribution >= 4 is 17.5 Å². The van der Waals surface area contributed by atoms with E-state index in [4.69, 9.17) is 4.74 Å². The third-order valence-corrected chi connectivity index (χ3v) is 5.65. The number of benzene rings is 1. The number of alkyl halides is 1. The van der Waals surface area contributed by atoms with Gasteiger partial charge in [-0.2, -0.15) is 0 Å². The molecule has 2 saturated heterocycles. The van der Waals surface area contributed by atoms with Crippen molar-refractivity contribution in [3.63, 3.8) is 0 Å². The number of anilines is 2. The van der Waals surface area contributed by atoms with Crippen molar-refractivity contribution in [3.05, 3.63) is 48.6 Å². The second kappa shape index (κ2) is 8.13. The molecule has 2 unspecified atom stereocenters. The smallest absolute Gasteiger partial charge is 0.414 e. The number of rotatable bonds is 5. The molecule has 0 spiro atoms. The van der Waals surface area contributed by atoms with E-state index in [-0.39, 0.29) is 37.6 Å². The van der Waals surface area contributed by atoms with Gasteiger partial charge in [0, 0.05) is 31.1 Å². The quantitative estimate of drug-likeness (QED) is 0.589.